The molecule has 2 aromatic rings. The van der Waals surface area contributed by atoms with Crippen LogP contribution in [0.25, 0.3) is 0 Å². The van der Waals surface area contributed by atoms with Crippen molar-refractivity contribution in [1.29, 1.82) is 0 Å². The number of nitrogens with zero attached hydrogens (tertiary/aromatic N) is 2. The SMILES string of the molecule is C=C/C=C\C.NC(=O)CC(CCC(F)(F)F)C(=O)NC1N=C(c2ccccc2)c2cccc3c2N(CCO3)C1=O. The molecule has 2 heterocycles. The largest absolute Gasteiger partial charge is 0.490 e. The van der Waals surface area contributed by atoms with E-state index in [4.69, 9.17) is 10.5 Å². The summed E-state index contributed by atoms with van der Waals surface area (Å²) in [6, 6.07) is 14.3. The lowest BCUT2D eigenvalue weighted by molar-refractivity contribution is -0.143. The number of allylic oxidation sites excluding steroid dienone is 3. The van der Waals surface area contributed by atoms with Crippen LogP contribution in [0.4, 0.5) is 18.9 Å². The van der Waals surface area contributed by atoms with Crippen LogP contribution < -0.4 is 20.7 Å². The first-order chi connectivity index (χ1) is 19.1. The van der Waals surface area contributed by atoms with Gasteiger partial charge in [0.25, 0.3) is 5.91 Å². The number of nitrogens with one attached hydrogen (secondary N) is 1. The van der Waals surface area contributed by atoms with Crippen molar-refractivity contribution < 1.29 is 32.3 Å². The molecule has 2 aliphatic heterocycles. The van der Waals surface area contributed by atoms with Crippen molar-refractivity contribution in [3.63, 3.8) is 0 Å². The van der Waals surface area contributed by atoms with Crippen molar-refractivity contribution in [3.8, 4) is 5.75 Å². The number of halogens is 3. The molecule has 8 nitrogen and oxygen atoms in total. The molecule has 40 heavy (non-hydrogen) atoms. The van der Waals surface area contributed by atoms with Crippen LogP contribution in [-0.2, 0) is 14.4 Å². The maximum Gasteiger partial charge on any atom is 0.389 e. The molecule has 0 radical (unpaired) electrons. The Morgan fingerprint density at radius 3 is 2.55 bits per heavy atom. The second kappa shape index (κ2) is 13.6. The van der Waals surface area contributed by atoms with E-state index in [1.54, 1.807) is 48.5 Å². The molecule has 2 unspecified atom stereocenters. The number of amides is 3. The number of anilines is 1. The molecule has 0 aromatic heterocycles. The molecule has 0 spiro atoms. The first-order valence-electron chi connectivity index (χ1n) is 12.7. The van der Waals surface area contributed by atoms with Crippen LogP contribution in [0.1, 0.15) is 37.3 Å². The predicted molar refractivity (Wildman–Crippen MR) is 146 cm³/mol. The number of aliphatic imine (C=N–C) groups is 1. The maximum absolute atomic E-state index is 13.5. The van der Waals surface area contributed by atoms with Crippen LogP contribution in [0.15, 0.2) is 78.3 Å². The highest BCUT2D eigenvalue weighted by Crippen LogP contribution is 2.38. The van der Waals surface area contributed by atoms with Crippen LogP contribution in [0, 0.1) is 5.92 Å². The number of ether oxygens (including phenoxy) is 1. The predicted octanol–water partition coefficient (Wildman–Crippen LogP) is 4.29. The van der Waals surface area contributed by atoms with Gasteiger partial charge in [0.05, 0.1) is 17.9 Å². The summed E-state index contributed by atoms with van der Waals surface area (Å²) in [4.78, 5) is 43.9. The van der Waals surface area contributed by atoms with E-state index in [2.05, 4.69) is 16.9 Å². The highest BCUT2D eigenvalue weighted by molar-refractivity contribution is 6.21. The molecular formula is C29H31F3N4O4. The number of carbonyl (C=O) groups is 3. The zero-order valence-electron chi connectivity index (χ0n) is 22.0. The number of alkyl halides is 3. The van der Waals surface area contributed by atoms with Crippen LogP contribution in [0.5, 0.6) is 5.75 Å². The summed E-state index contributed by atoms with van der Waals surface area (Å²) in [7, 11) is 0. The molecule has 3 amide bonds. The number of primary amides is 1. The Morgan fingerprint density at radius 2 is 1.95 bits per heavy atom. The average Bonchev–Trinajstić information content (AvgIpc) is 3.03. The van der Waals surface area contributed by atoms with Gasteiger partial charge in [-0.25, -0.2) is 4.99 Å². The number of nitrogens with two attached hydrogens (primary N) is 1. The molecule has 2 atom stereocenters. The molecule has 0 saturated heterocycles. The van der Waals surface area contributed by atoms with Crippen molar-refractivity contribution in [2.75, 3.05) is 18.1 Å². The molecule has 0 saturated carbocycles. The second-order valence-corrected chi connectivity index (χ2v) is 9.03. The topological polar surface area (TPSA) is 114 Å². The molecular weight excluding hydrogens is 525 g/mol. The molecule has 0 aliphatic carbocycles. The normalized spacial score (nSPS) is 16.9. The first-order valence-corrected chi connectivity index (χ1v) is 12.7. The Hall–Kier alpha value is -4.41. The van der Waals surface area contributed by atoms with E-state index in [1.165, 1.54) is 4.90 Å². The minimum atomic E-state index is -4.52. The third-order valence-electron chi connectivity index (χ3n) is 6.10. The number of carbonyl (C=O) groups excluding carboxylic acids is 3. The molecule has 0 bridgehead atoms. The van der Waals surface area contributed by atoms with Gasteiger partial charge >= 0.3 is 6.18 Å². The maximum atomic E-state index is 13.5. The monoisotopic (exact) mass is 556 g/mol. The molecule has 4 rings (SSSR count). The third-order valence-corrected chi connectivity index (χ3v) is 6.10. The zero-order chi connectivity index (χ0) is 29.3. The van der Waals surface area contributed by atoms with Crippen LogP contribution in [0.2, 0.25) is 0 Å². The van der Waals surface area contributed by atoms with Gasteiger partial charge in [0.1, 0.15) is 12.4 Å². The van der Waals surface area contributed by atoms with Crippen LogP contribution in [-0.4, -0.2) is 48.9 Å². The van der Waals surface area contributed by atoms with Crippen molar-refractivity contribution in [3.05, 3.63) is 84.5 Å². The van der Waals surface area contributed by atoms with Crippen LogP contribution in [0.3, 0.4) is 0 Å². The van der Waals surface area contributed by atoms with Gasteiger partial charge < -0.3 is 20.7 Å². The number of benzene rings is 2. The van der Waals surface area contributed by atoms with Gasteiger partial charge in [-0.05, 0) is 19.4 Å². The summed E-state index contributed by atoms with van der Waals surface area (Å²) in [5.74, 6) is -3.26. The number of para-hydroxylation sites is 1. The van der Waals surface area contributed by atoms with Gasteiger partial charge in [-0.1, -0.05) is 67.3 Å². The summed E-state index contributed by atoms with van der Waals surface area (Å²) in [5.41, 5.74) is 7.37. The Bertz CT molecular complexity index is 1290. The Labute approximate surface area is 230 Å². The van der Waals surface area contributed by atoms with Gasteiger partial charge in [-0.3, -0.25) is 14.4 Å². The molecule has 2 aromatic carbocycles. The summed E-state index contributed by atoms with van der Waals surface area (Å²) in [6.45, 7) is 5.85. The summed E-state index contributed by atoms with van der Waals surface area (Å²) >= 11 is 0. The lowest BCUT2D eigenvalue weighted by Gasteiger charge is -2.31. The molecule has 0 fully saturated rings. The lowest BCUT2D eigenvalue weighted by atomic mass is 9.97. The molecule has 3 N–H and O–H groups in total. The van der Waals surface area contributed by atoms with Crippen molar-refractivity contribution in [2.45, 2.75) is 38.5 Å². The molecule has 2 aliphatic rings. The number of hydrogen-bond donors (Lipinski definition) is 2. The van der Waals surface area contributed by atoms with Crippen LogP contribution >= 0.6 is 0 Å². The fourth-order valence-electron chi connectivity index (χ4n) is 4.30. The van der Waals surface area contributed by atoms with E-state index in [0.29, 0.717) is 28.3 Å². The Kier molecular flexibility index (Phi) is 10.2. The standard InChI is InChI=1S/C24H23F3N4O4.C5H8/c25-24(26,27)10-9-15(13-18(28)32)22(33)30-21-23(34)31-11-12-35-17-8-4-7-16(20(17)31)19(29-21)14-5-2-1-3-6-14;1-3-5-4-2/h1-8,15,21H,9-13H2,(H2,28,32)(H,30,33);3-5H,1H2,2H3/b;5-4-. The lowest BCUT2D eigenvalue weighted by Crippen LogP contribution is -2.51. The summed E-state index contributed by atoms with van der Waals surface area (Å²) in [5, 5.41) is 2.46. The minimum Gasteiger partial charge on any atom is -0.490 e. The van der Waals surface area contributed by atoms with E-state index < -0.39 is 55.2 Å². The van der Waals surface area contributed by atoms with Crippen molar-refractivity contribution >= 4 is 29.1 Å². The van der Waals surface area contributed by atoms with E-state index >= 15 is 0 Å². The van der Waals surface area contributed by atoms with Gasteiger partial charge in [0.15, 0.2) is 0 Å². The quantitative estimate of drug-likeness (QED) is 0.472. The van der Waals surface area contributed by atoms with Crippen molar-refractivity contribution in [1.82, 2.24) is 5.32 Å². The van der Waals surface area contributed by atoms with Gasteiger partial charge in [-0.15, -0.1) is 0 Å². The van der Waals surface area contributed by atoms with E-state index in [-0.39, 0.29) is 13.2 Å². The minimum absolute atomic E-state index is 0.200. The summed E-state index contributed by atoms with van der Waals surface area (Å²) < 4.78 is 44.1. The zero-order valence-corrected chi connectivity index (χ0v) is 22.0. The average molecular weight is 557 g/mol. The number of rotatable bonds is 8. The van der Waals surface area contributed by atoms with E-state index in [1.807, 2.05) is 25.1 Å². The first kappa shape index (κ1) is 30.1. The summed E-state index contributed by atoms with van der Waals surface area (Å²) in [6.07, 6.45) is -2.85. The van der Waals surface area contributed by atoms with E-state index in [9.17, 15) is 27.6 Å². The third kappa shape index (κ3) is 7.81. The molecule has 212 valence electrons. The smallest absolute Gasteiger partial charge is 0.389 e. The second-order valence-electron chi connectivity index (χ2n) is 9.03. The highest BCUT2D eigenvalue weighted by Gasteiger charge is 2.38. The van der Waals surface area contributed by atoms with Gasteiger partial charge in [0, 0.05) is 29.9 Å². The Balaban J connectivity index is 0.000000810. The fraction of sp³-hybridized carbons (Fsp3) is 0.310. The fourth-order valence-corrected chi connectivity index (χ4v) is 4.30. The highest BCUT2D eigenvalue weighted by atomic mass is 19.4. The Morgan fingerprint density at radius 1 is 1.23 bits per heavy atom. The number of hydrogen-bond acceptors (Lipinski definition) is 5. The molecule has 11 heteroatoms. The van der Waals surface area contributed by atoms with Gasteiger partial charge in [-0.2, -0.15) is 13.2 Å². The van der Waals surface area contributed by atoms with E-state index in [0.717, 1.165) is 0 Å². The van der Waals surface area contributed by atoms with Crippen molar-refractivity contribution in [2.24, 2.45) is 16.6 Å². The van der Waals surface area contributed by atoms with Gasteiger partial charge in [0.2, 0.25) is 18.0 Å².